The van der Waals surface area contributed by atoms with E-state index in [-0.39, 0.29) is 12.7 Å². The number of aliphatic hydroxyl groups is 2. The van der Waals surface area contributed by atoms with Crippen molar-refractivity contribution < 1.29 is 10.2 Å². The average Bonchev–Trinajstić information content (AvgIpc) is 2.09. The maximum absolute atomic E-state index is 9.42. The van der Waals surface area contributed by atoms with E-state index in [1.165, 1.54) is 0 Å². The number of hydrogen-bond donors (Lipinski definition) is 2. The fourth-order valence-electron chi connectivity index (χ4n) is 1.25. The third kappa shape index (κ3) is 8.02. The van der Waals surface area contributed by atoms with Gasteiger partial charge in [-0.1, -0.05) is 32.6 Å². The molecule has 12 heavy (non-hydrogen) atoms. The van der Waals surface area contributed by atoms with E-state index in [4.69, 9.17) is 5.11 Å². The molecule has 0 spiro atoms. The monoisotopic (exact) mass is 174 g/mol. The molecular weight excluding hydrogens is 152 g/mol. The zero-order chi connectivity index (χ0) is 9.23. The predicted octanol–water partition coefficient (Wildman–Crippen LogP) is 2.09. The van der Waals surface area contributed by atoms with Gasteiger partial charge in [-0.15, -0.1) is 0 Å². The second kappa shape index (κ2) is 9.01. The van der Waals surface area contributed by atoms with E-state index in [0.29, 0.717) is 0 Å². The maximum atomic E-state index is 9.42. The second-order valence-electron chi connectivity index (χ2n) is 3.37. The van der Waals surface area contributed by atoms with E-state index in [0.717, 1.165) is 44.9 Å². The predicted molar refractivity (Wildman–Crippen MR) is 51.1 cm³/mol. The van der Waals surface area contributed by atoms with Gasteiger partial charge >= 0.3 is 0 Å². The summed E-state index contributed by atoms with van der Waals surface area (Å²) in [6.07, 6.45) is 6.99. The summed E-state index contributed by atoms with van der Waals surface area (Å²) < 4.78 is 0. The molecule has 0 aliphatic heterocycles. The normalized spacial score (nSPS) is 13.2. The highest BCUT2D eigenvalue weighted by Crippen LogP contribution is 2.08. The van der Waals surface area contributed by atoms with E-state index in [1.54, 1.807) is 0 Å². The van der Waals surface area contributed by atoms with Crippen LogP contribution >= 0.6 is 0 Å². The minimum atomic E-state index is -0.108. The molecule has 0 amide bonds. The van der Waals surface area contributed by atoms with Crippen molar-refractivity contribution in [3.05, 3.63) is 0 Å². The lowest BCUT2D eigenvalue weighted by Crippen LogP contribution is -2.05. The van der Waals surface area contributed by atoms with E-state index in [1.807, 2.05) is 0 Å². The standard InChI is InChI=1S/C10H22O2/c1-2-3-7-10(12)8-5-4-6-9-11/h10-12H,2-9H2,1H3/t10-/m1/s1. The van der Waals surface area contributed by atoms with Gasteiger partial charge in [0, 0.05) is 6.61 Å². The molecule has 0 aromatic carbocycles. The number of unbranched alkanes of at least 4 members (excludes halogenated alkanes) is 3. The molecule has 0 aliphatic rings. The molecule has 0 rings (SSSR count). The third-order valence-corrected chi connectivity index (χ3v) is 2.09. The highest BCUT2D eigenvalue weighted by molar-refractivity contribution is 4.55. The lowest BCUT2D eigenvalue weighted by molar-refractivity contribution is 0.147. The largest absolute Gasteiger partial charge is 0.396 e. The van der Waals surface area contributed by atoms with Gasteiger partial charge in [0.2, 0.25) is 0 Å². The van der Waals surface area contributed by atoms with Crippen molar-refractivity contribution in [2.45, 2.75) is 58.0 Å². The van der Waals surface area contributed by atoms with Crippen LogP contribution in [0.25, 0.3) is 0 Å². The van der Waals surface area contributed by atoms with Crippen molar-refractivity contribution in [1.82, 2.24) is 0 Å². The third-order valence-electron chi connectivity index (χ3n) is 2.09. The molecule has 0 aromatic rings. The van der Waals surface area contributed by atoms with Crippen LogP contribution in [-0.2, 0) is 0 Å². The van der Waals surface area contributed by atoms with E-state index < -0.39 is 0 Å². The van der Waals surface area contributed by atoms with Gasteiger partial charge in [0.05, 0.1) is 6.10 Å². The first-order chi connectivity index (χ1) is 5.81. The molecule has 0 aromatic heterocycles. The van der Waals surface area contributed by atoms with Crippen LogP contribution in [0.15, 0.2) is 0 Å². The molecule has 2 nitrogen and oxygen atoms in total. The van der Waals surface area contributed by atoms with Crippen molar-refractivity contribution in [1.29, 1.82) is 0 Å². The highest BCUT2D eigenvalue weighted by Gasteiger charge is 2.01. The smallest absolute Gasteiger partial charge is 0.0540 e. The highest BCUT2D eigenvalue weighted by atomic mass is 16.3. The molecule has 0 fully saturated rings. The molecule has 0 aliphatic carbocycles. The SMILES string of the molecule is CCCC[C@@H](O)CCCCCO. The van der Waals surface area contributed by atoms with Crippen LogP contribution in [0.2, 0.25) is 0 Å². The summed E-state index contributed by atoms with van der Waals surface area (Å²) >= 11 is 0. The van der Waals surface area contributed by atoms with Crippen LogP contribution in [0.1, 0.15) is 51.9 Å². The van der Waals surface area contributed by atoms with Crippen LogP contribution in [0, 0.1) is 0 Å². The van der Waals surface area contributed by atoms with Crippen molar-refractivity contribution in [2.75, 3.05) is 6.61 Å². The Balaban J connectivity index is 3.02. The molecule has 0 unspecified atom stereocenters. The van der Waals surface area contributed by atoms with Gasteiger partial charge in [-0.25, -0.2) is 0 Å². The Hall–Kier alpha value is -0.0800. The first kappa shape index (κ1) is 11.9. The maximum Gasteiger partial charge on any atom is 0.0540 e. The average molecular weight is 174 g/mol. The summed E-state index contributed by atoms with van der Waals surface area (Å²) in [4.78, 5) is 0. The zero-order valence-electron chi connectivity index (χ0n) is 8.13. The van der Waals surface area contributed by atoms with Gasteiger partial charge in [0.25, 0.3) is 0 Å². The fourth-order valence-corrected chi connectivity index (χ4v) is 1.25. The zero-order valence-corrected chi connectivity index (χ0v) is 8.13. The Kier molecular flexibility index (Phi) is 8.95. The lowest BCUT2D eigenvalue weighted by atomic mass is 10.1. The van der Waals surface area contributed by atoms with Gasteiger partial charge in [0.15, 0.2) is 0 Å². The molecular formula is C10H22O2. The van der Waals surface area contributed by atoms with Gasteiger partial charge in [-0.3, -0.25) is 0 Å². The molecule has 0 bridgehead atoms. The summed E-state index contributed by atoms with van der Waals surface area (Å²) in [5.74, 6) is 0. The molecule has 0 saturated carbocycles. The van der Waals surface area contributed by atoms with Crippen molar-refractivity contribution in [2.24, 2.45) is 0 Å². The number of hydrogen-bond acceptors (Lipinski definition) is 2. The summed E-state index contributed by atoms with van der Waals surface area (Å²) in [6.45, 7) is 2.42. The van der Waals surface area contributed by atoms with Crippen LogP contribution < -0.4 is 0 Å². The molecule has 0 saturated heterocycles. The lowest BCUT2D eigenvalue weighted by Gasteiger charge is -2.08. The fraction of sp³-hybridized carbons (Fsp3) is 1.00. The summed E-state index contributed by atoms with van der Waals surface area (Å²) in [7, 11) is 0. The number of aliphatic hydroxyl groups excluding tert-OH is 2. The van der Waals surface area contributed by atoms with Crippen LogP contribution in [0.4, 0.5) is 0 Å². The van der Waals surface area contributed by atoms with E-state index >= 15 is 0 Å². The molecule has 0 radical (unpaired) electrons. The molecule has 2 heteroatoms. The molecule has 74 valence electrons. The first-order valence-electron chi connectivity index (χ1n) is 5.10. The Bertz CT molecular complexity index is 83.9. The summed E-state index contributed by atoms with van der Waals surface area (Å²) in [6, 6.07) is 0. The van der Waals surface area contributed by atoms with Crippen LogP contribution in [0.5, 0.6) is 0 Å². The Morgan fingerprint density at radius 1 is 1.00 bits per heavy atom. The van der Waals surface area contributed by atoms with Gasteiger partial charge in [0.1, 0.15) is 0 Å². The van der Waals surface area contributed by atoms with Crippen molar-refractivity contribution in [3.8, 4) is 0 Å². The van der Waals surface area contributed by atoms with Gasteiger partial charge < -0.3 is 10.2 Å². The minimum absolute atomic E-state index is 0.108. The van der Waals surface area contributed by atoms with Crippen LogP contribution in [-0.4, -0.2) is 22.9 Å². The summed E-state index contributed by atoms with van der Waals surface area (Å²) in [5.41, 5.74) is 0. The quantitative estimate of drug-likeness (QED) is 0.553. The summed E-state index contributed by atoms with van der Waals surface area (Å²) in [5, 5.41) is 17.9. The Morgan fingerprint density at radius 3 is 2.25 bits per heavy atom. The Labute approximate surface area is 75.6 Å². The van der Waals surface area contributed by atoms with Crippen LogP contribution in [0.3, 0.4) is 0 Å². The first-order valence-corrected chi connectivity index (χ1v) is 5.10. The number of rotatable bonds is 8. The molecule has 1 atom stereocenters. The molecule has 0 heterocycles. The van der Waals surface area contributed by atoms with Crippen molar-refractivity contribution >= 4 is 0 Å². The molecule has 2 N–H and O–H groups in total. The topological polar surface area (TPSA) is 40.5 Å². The van der Waals surface area contributed by atoms with E-state index in [2.05, 4.69) is 6.92 Å². The van der Waals surface area contributed by atoms with Gasteiger partial charge in [-0.05, 0) is 19.3 Å². The minimum Gasteiger partial charge on any atom is -0.396 e. The Morgan fingerprint density at radius 2 is 1.67 bits per heavy atom. The van der Waals surface area contributed by atoms with E-state index in [9.17, 15) is 5.11 Å². The van der Waals surface area contributed by atoms with Gasteiger partial charge in [-0.2, -0.15) is 0 Å². The van der Waals surface area contributed by atoms with Crippen molar-refractivity contribution in [3.63, 3.8) is 0 Å². The second-order valence-corrected chi connectivity index (χ2v) is 3.37.